The molecule has 2 aliphatic rings. The number of morpholine rings is 1. The van der Waals surface area contributed by atoms with E-state index in [1.807, 2.05) is 50.4 Å². The first-order chi connectivity index (χ1) is 21.3. The lowest BCUT2D eigenvalue weighted by Crippen LogP contribution is -2.36. The van der Waals surface area contributed by atoms with E-state index in [0.717, 1.165) is 71.5 Å². The average molecular weight is 609 g/mol. The van der Waals surface area contributed by atoms with Crippen LogP contribution < -0.4 is 15.5 Å². The van der Waals surface area contributed by atoms with Crippen molar-refractivity contribution < 1.29 is 9.53 Å². The molecule has 2 aromatic carbocycles. The summed E-state index contributed by atoms with van der Waals surface area (Å²) in [7, 11) is 0. The van der Waals surface area contributed by atoms with Crippen LogP contribution in [0, 0.1) is 27.7 Å². The van der Waals surface area contributed by atoms with E-state index in [1.54, 1.807) is 0 Å². The van der Waals surface area contributed by atoms with E-state index in [2.05, 4.69) is 75.2 Å². The van der Waals surface area contributed by atoms with E-state index >= 15 is 0 Å². The van der Waals surface area contributed by atoms with Gasteiger partial charge in [0.2, 0.25) is 5.91 Å². The zero-order valence-electron chi connectivity index (χ0n) is 25.8. The Morgan fingerprint density at radius 1 is 1.00 bits per heavy atom. The lowest BCUT2D eigenvalue weighted by molar-refractivity contribution is -0.116. The van der Waals surface area contributed by atoms with Gasteiger partial charge in [0.25, 0.3) is 0 Å². The van der Waals surface area contributed by atoms with E-state index in [4.69, 9.17) is 21.9 Å². The molecule has 2 fully saturated rings. The molecule has 8 nitrogen and oxygen atoms in total. The molecular formula is C35H40N6O2S. The lowest BCUT2D eigenvalue weighted by Gasteiger charge is -2.29. The van der Waals surface area contributed by atoms with E-state index < -0.39 is 0 Å². The highest BCUT2D eigenvalue weighted by atomic mass is 32.1. The Morgan fingerprint density at radius 2 is 1.75 bits per heavy atom. The number of amides is 1. The second-order valence-corrected chi connectivity index (χ2v) is 12.1. The maximum Gasteiger partial charge on any atom is 0.226 e. The largest absolute Gasteiger partial charge is 0.378 e. The number of pyridine rings is 1. The number of aromatic nitrogens is 2. The number of hydrogen-bond donors (Lipinski definition) is 2. The van der Waals surface area contributed by atoms with Gasteiger partial charge in [-0.3, -0.25) is 9.78 Å². The molecule has 228 valence electrons. The van der Waals surface area contributed by atoms with Crippen molar-refractivity contribution in [2.75, 3.05) is 43.1 Å². The second kappa shape index (κ2) is 12.8. The quantitative estimate of drug-likeness (QED) is 0.240. The molecule has 2 N–H and O–H groups in total. The number of thiocarbonyl (C=S) groups is 1. The molecule has 0 spiro atoms. The number of aryl methyl sites for hydroxylation is 3. The van der Waals surface area contributed by atoms with Crippen molar-refractivity contribution in [3.05, 3.63) is 107 Å². The molecule has 2 saturated heterocycles. The summed E-state index contributed by atoms with van der Waals surface area (Å²) in [4.78, 5) is 22.4. The summed E-state index contributed by atoms with van der Waals surface area (Å²) in [5.74, 6) is -0.0348. The van der Waals surface area contributed by atoms with Crippen LogP contribution in [0.2, 0.25) is 0 Å². The van der Waals surface area contributed by atoms with Gasteiger partial charge in [-0.1, -0.05) is 18.2 Å². The zero-order valence-corrected chi connectivity index (χ0v) is 26.7. The van der Waals surface area contributed by atoms with Crippen LogP contribution in [0.4, 0.5) is 11.4 Å². The number of carbonyl (C=O) groups is 1. The summed E-state index contributed by atoms with van der Waals surface area (Å²) >= 11 is 5.90. The van der Waals surface area contributed by atoms with Gasteiger partial charge in [-0.2, -0.15) is 0 Å². The minimum atomic E-state index is -0.150. The Labute approximate surface area is 265 Å². The summed E-state index contributed by atoms with van der Waals surface area (Å²) in [5, 5.41) is 7.27. The van der Waals surface area contributed by atoms with Crippen molar-refractivity contribution >= 4 is 34.6 Å². The first-order valence-corrected chi connectivity index (χ1v) is 15.7. The molecule has 1 amide bonds. The number of nitrogens with zero attached hydrogens (tertiary/aromatic N) is 4. The highest BCUT2D eigenvalue weighted by Crippen LogP contribution is 2.41. The van der Waals surface area contributed by atoms with E-state index in [1.165, 1.54) is 5.69 Å². The van der Waals surface area contributed by atoms with Gasteiger partial charge >= 0.3 is 0 Å². The second-order valence-electron chi connectivity index (χ2n) is 11.7. The van der Waals surface area contributed by atoms with Crippen molar-refractivity contribution in [2.45, 2.75) is 46.2 Å². The molecule has 44 heavy (non-hydrogen) atoms. The number of hydrogen-bond acceptors (Lipinski definition) is 5. The lowest BCUT2D eigenvalue weighted by atomic mass is 9.96. The van der Waals surface area contributed by atoms with Crippen LogP contribution >= 0.6 is 12.2 Å². The predicted molar refractivity (Wildman–Crippen MR) is 180 cm³/mol. The van der Waals surface area contributed by atoms with Gasteiger partial charge in [-0.25, -0.2) is 0 Å². The van der Waals surface area contributed by atoms with Crippen molar-refractivity contribution in [1.29, 1.82) is 0 Å². The van der Waals surface area contributed by atoms with Gasteiger partial charge in [0.1, 0.15) is 0 Å². The van der Waals surface area contributed by atoms with E-state index in [0.29, 0.717) is 18.1 Å². The summed E-state index contributed by atoms with van der Waals surface area (Å²) in [6.07, 6.45) is 2.12. The van der Waals surface area contributed by atoms with Gasteiger partial charge in [0.15, 0.2) is 5.11 Å². The minimum absolute atomic E-state index is 0.0348. The van der Waals surface area contributed by atoms with Gasteiger partial charge in [0, 0.05) is 60.7 Å². The molecule has 9 heteroatoms. The third-order valence-corrected chi connectivity index (χ3v) is 9.07. The average Bonchev–Trinajstić information content (AvgIpc) is 3.52. The van der Waals surface area contributed by atoms with Gasteiger partial charge in [0.05, 0.1) is 31.0 Å². The number of nitrogens with one attached hydrogen (secondary N) is 2. The Hall–Kier alpha value is -4.21. The van der Waals surface area contributed by atoms with Gasteiger partial charge in [-0.05, 0) is 105 Å². The van der Waals surface area contributed by atoms with Gasteiger partial charge in [-0.15, -0.1) is 0 Å². The Morgan fingerprint density at radius 3 is 2.48 bits per heavy atom. The molecule has 4 heterocycles. The summed E-state index contributed by atoms with van der Waals surface area (Å²) in [6, 6.07) is 22.8. The summed E-state index contributed by atoms with van der Waals surface area (Å²) < 4.78 is 7.84. The summed E-state index contributed by atoms with van der Waals surface area (Å²) in [5.41, 5.74) is 9.70. The van der Waals surface area contributed by atoms with Crippen LogP contribution in [0.5, 0.6) is 0 Å². The van der Waals surface area contributed by atoms with Crippen molar-refractivity contribution in [2.24, 2.45) is 0 Å². The first-order valence-electron chi connectivity index (χ1n) is 15.3. The highest BCUT2D eigenvalue weighted by Gasteiger charge is 2.41. The van der Waals surface area contributed by atoms with Crippen LogP contribution in [0.1, 0.15) is 52.3 Å². The minimum Gasteiger partial charge on any atom is -0.378 e. The smallest absolute Gasteiger partial charge is 0.226 e. The maximum absolute atomic E-state index is 13.2. The third kappa shape index (κ3) is 6.07. The molecule has 2 unspecified atom stereocenters. The number of ether oxygens (including phenoxy) is 1. The number of carbonyl (C=O) groups excluding carboxylic acids is 1. The molecule has 0 radical (unpaired) electrons. The van der Waals surface area contributed by atoms with E-state index in [-0.39, 0.29) is 18.0 Å². The molecule has 6 rings (SSSR count). The molecule has 0 saturated carbocycles. The number of anilines is 2. The standard InChI is InChI=1S/C35H40N6O2S/c1-23-8-9-24(2)31(21-23)37-32(42)14-16-40-34(33(38-35(40)44)30-7-5-6-15-36-30)29-22-25(3)41(26(29)4)28-12-10-27(11-13-28)39-17-19-43-20-18-39/h5-13,15,21-22,33-34H,14,16-20H2,1-4H3,(H,37,42)(H,38,44). The van der Waals surface area contributed by atoms with E-state index in [9.17, 15) is 4.79 Å². The molecule has 2 aromatic heterocycles. The van der Waals surface area contributed by atoms with Crippen LogP contribution in [0.25, 0.3) is 5.69 Å². The SMILES string of the molecule is Cc1ccc(C)c(NC(=O)CCN2C(=S)NC(c3ccccn3)C2c2cc(C)n(-c3ccc(N4CCOCC4)cc3)c2C)c1. The van der Waals surface area contributed by atoms with Gasteiger partial charge < -0.3 is 29.7 Å². The normalized spacial score (nSPS) is 18.4. The van der Waals surface area contributed by atoms with Crippen LogP contribution in [-0.2, 0) is 9.53 Å². The molecule has 2 aliphatic heterocycles. The molecule has 2 atom stereocenters. The van der Waals surface area contributed by atoms with Crippen molar-refractivity contribution in [1.82, 2.24) is 19.8 Å². The Kier molecular flexibility index (Phi) is 8.68. The molecule has 0 bridgehead atoms. The predicted octanol–water partition coefficient (Wildman–Crippen LogP) is 5.94. The monoisotopic (exact) mass is 608 g/mol. The Bertz CT molecular complexity index is 1650. The highest BCUT2D eigenvalue weighted by molar-refractivity contribution is 7.80. The fourth-order valence-electron chi connectivity index (χ4n) is 6.41. The zero-order chi connectivity index (χ0) is 30.8. The molecule has 4 aromatic rings. The number of rotatable bonds is 8. The molecule has 0 aliphatic carbocycles. The fraction of sp³-hybridized carbons (Fsp3) is 0.343. The first kappa shape index (κ1) is 29.8. The third-order valence-electron chi connectivity index (χ3n) is 8.72. The maximum atomic E-state index is 13.2. The van der Waals surface area contributed by atoms with Crippen LogP contribution in [0.3, 0.4) is 0 Å². The fourth-order valence-corrected chi connectivity index (χ4v) is 6.74. The number of benzene rings is 2. The molecular weight excluding hydrogens is 568 g/mol. The topological polar surface area (TPSA) is 74.7 Å². The Balaban J connectivity index is 1.28. The van der Waals surface area contributed by atoms with Crippen molar-refractivity contribution in [3.8, 4) is 5.69 Å². The van der Waals surface area contributed by atoms with Crippen LogP contribution in [-0.4, -0.2) is 58.3 Å². The van der Waals surface area contributed by atoms with Crippen molar-refractivity contribution in [3.63, 3.8) is 0 Å². The summed E-state index contributed by atoms with van der Waals surface area (Å²) in [6.45, 7) is 12.2. The van der Waals surface area contributed by atoms with Crippen LogP contribution in [0.15, 0.2) is 72.9 Å².